The largest absolute Gasteiger partial charge is 0.494 e. The number of nitro benzene ring substituents is 2. The smallest absolute Gasteiger partial charge is 0.304 e. The first-order valence-electron chi connectivity index (χ1n) is 8.64. The summed E-state index contributed by atoms with van der Waals surface area (Å²) in [5.41, 5.74) is 4.22. The Morgan fingerprint density at radius 1 is 1.23 bits per heavy atom. The third kappa shape index (κ3) is 7.13. The van der Waals surface area contributed by atoms with Gasteiger partial charge < -0.3 is 21.3 Å². The highest BCUT2D eigenvalue weighted by molar-refractivity contribution is 9.10. The van der Waals surface area contributed by atoms with E-state index in [-0.39, 0.29) is 45.9 Å². The molecule has 0 radical (unpaired) electrons. The average Bonchev–Trinajstić information content (AvgIpc) is 2.75. The molecule has 0 saturated heterocycles. The highest BCUT2D eigenvalue weighted by atomic mass is 79.9. The molecule has 0 heterocycles. The molecule has 1 amide bonds. The van der Waals surface area contributed by atoms with Crippen molar-refractivity contribution in [2.45, 2.75) is 14.4 Å². The molecule has 0 aliphatic heterocycles. The summed E-state index contributed by atoms with van der Waals surface area (Å²) in [5.74, 6) is -0.279. The summed E-state index contributed by atoms with van der Waals surface area (Å²) in [6, 6.07) is 11.5. The second-order valence-electron chi connectivity index (χ2n) is 5.95. The van der Waals surface area contributed by atoms with E-state index in [0.29, 0.717) is 0 Å². The van der Waals surface area contributed by atoms with Crippen LogP contribution in [0.3, 0.4) is 0 Å². The quantitative estimate of drug-likeness (QED) is 0.170. The average molecular weight is 550 g/mol. The summed E-state index contributed by atoms with van der Waals surface area (Å²) in [6.45, 7) is 1.25. The predicted octanol–water partition coefficient (Wildman–Crippen LogP) is 3.73. The summed E-state index contributed by atoms with van der Waals surface area (Å²) < 4.78 is 5.27. The van der Waals surface area contributed by atoms with E-state index >= 15 is 0 Å². The summed E-state index contributed by atoms with van der Waals surface area (Å²) >= 11 is 3.04. The lowest BCUT2D eigenvalue weighted by Crippen LogP contribution is -2.12. The van der Waals surface area contributed by atoms with Gasteiger partial charge in [-0.05, 0) is 22.0 Å². The third-order valence-electron chi connectivity index (χ3n) is 3.85. The molecule has 2 rings (SSSR count). The van der Waals surface area contributed by atoms with Gasteiger partial charge in [-0.15, -0.1) is 10.2 Å². The Kier molecular flexibility index (Phi) is 11.3. The number of terminal acetylenes is 1. The summed E-state index contributed by atoms with van der Waals surface area (Å²) in [5, 5.41) is 32.8. The minimum absolute atomic E-state index is 0. The number of carbonyl (C=O) groups is 1. The topological polar surface area (TPSA) is 210 Å². The molecule has 14 nitrogen and oxygen atoms in total. The molecule has 184 valence electrons. The van der Waals surface area contributed by atoms with Crippen molar-refractivity contribution in [1.29, 1.82) is 0 Å². The lowest BCUT2D eigenvalue weighted by molar-refractivity contribution is -0.393. The number of nitrogens with two attached hydrogens (primary N) is 1. The van der Waals surface area contributed by atoms with Crippen LogP contribution < -0.4 is 20.7 Å². The SMILES string of the molecule is C.C#CN(C#CN)c1cc(NC(C)=O)c(N=Nc2c(Br)cc([N+](=O)[O-])cc2[N+](=O)[O-])cc1OC.O. The van der Waals surface area contributed by atoms with Crippen LogP contribution in [0.2, 0.25) is 0 Å². The number of methoxy groups -OCH3 is 1. The lowest BCUT2D eigenvalue weighted by atomic mass is 10.2. The number of nitro groups is 2. The van der Waals surface area contributed by atoms with E-state index in [1.54, 1.807) is 0 Å². The molecule has 0 atom stereocenters. The van der Waals surface area contributed by atoms with Gasteiger partial charge in [-0.3, -0.25) is 25.0 Å². The maximum Gasteiger partial charge on any atom is 0.304 e. The van der Waals surface area contributed by atoms with E-state index in [0.717, 1.165) is 17.0 Å². The first kappa shape index (κ1) is 30.3. The molecule has 0 aromatic heterocycles. The van der Waals surface area contributed by atoms with Gasteiger partial charge in [0, 0.05) is 37.2 Å². The van der Waals surface area contributed by atoms with Crippen molar-refractivity contribution in [3.8, 4) is 30.3 Å². The number of non-ortho nitro benzene ring substituents is 1. The Morgan fingerprint density at radius 2 is 1.89 bits per heavy atom. The second-order valence-corrected chi connectivity index (χ2v) is 6.81. The number of anilines is 2. The Morgan fingerprint density at radius 3 is 2.37 bits per heavy atom. The molecule has 0 aliphatic carbocycles. The molecule has 0 aliphatic rings. The van der Waals surface area contributed by atoms with Crippen LogP contribution in [0.15, 0.2) is 39.0 Å². The van der Waals surface area contributed by atoms with Crippen LogP contribution in [0.4, 0.5) is 34.1 Å². The number of azo groups is 1. The van der Waals surface area contributed by atoms with Gasteiger partial charge in [-0.1, -0.05) is 13.9 Å². The van der Waals surface area contributed by atoms with Gasteiger partial charge in [-0.25, -0.2) is 4.90 Å². The minimum atomic E-state index is -0.833. The van der Waals surface area contributed by atoms with E-state index < -0.39 is 27.1 Å². The molecular formula is C20H20BrN7O7. The number of carbonyl (C=O) groups excluding carboxylic acids is 1. The fourth-order valence-corrected chi connectivity index (χ4v) is 3.03. The van der Waals surface area contributed by atoms with Crippen molar-refractivity contribution in [3.63, 3.8) is 0 Å². The van der Waals surface area contributed by atoms with Crippen LogP contribution in [0.5, 0.6) is 5.75 Å². The van der Waals surface area contributed by atoms with Gasteiger partial charge in [0.2, 0.25) is 5.91 Å². The zero-order valence-electron chi connectivity index (χ0n) is 17.5. The lowest BCUT2D eigenvalue weighted by Gasteiger charge is -2.17. The third-order valence-corrected chi connectivity index (χ3v) is 4.45. The fraction of sp³-hybridized carbons (Fsp3) is 0.150. The van der Waals surface area contributed by atoms with Gasteiger partial charge in [0.1, 0.15) is 17.1 Å². The van der Waals surface area contributed by atoms with E-state index in [1.807, 2.05) is 0 Å². The minimum Gasteiger partial charge on any atom is -0.494 e. The van der Waals surface area contributed by atoms with Crippen molar-refractivity contribution in [2.75, 3.05) is 17.3 Å². The van der Waals surface area contributed by atoms with Crippen molar-refractivity contribution in [2.24, 2.45) is 16.0 Å². The number of amides is 1. The molecule has 15 heteroatoms. The molecule has 5 N–H and O–H groups in total. The van der Waals surface area contributed by atoms with Gasteiger partial charge >= 0.3 is 5.69 Å². The number of nitrogens with zero attached hydrogens (tertiary/aromatic N) is 5. The van der Waals surface area contributed by atoms with Gasteiger partial charge in [-0.2, -0.15) is 0 Å². The highest BCUT2D eigenvalue weighted by Gasteiger charge is 2.24. The number of ether oxygens (including phenoxy) is 1. The first-order chi connectivity index (χ1) is 15.6. The van der Waals surface area contributed by atoms with Gasteiger partial charge in [0.05, 0.1) is 33.2 Å². The molecule has 0 fully saturated rings. The predicted molar refractivity (Wildman–Crippen MR) is 133 cm³/mol. The Balaban J connectivity index is 0.00000578. The monoisotopic (exact) mass is 549 g/mol. The fourth-order valence-electron chi connectivity index (χ4n) is 2.51. The number of nitrogens with one attached hydrogen (secondary N) is 1. The van der Waals surface area contributed by atoms with Crippen molar-refractivity contribution in [3.05, 3.63) is 49.0 Å². The summed E-state index contributed by atoms with van der Waals surface area (Å²) in [7, 11) is 1.35. The maximum atomic E-state index is 11.7. The Hall–Kier alpha value is -4.73. The Labute approximate surface area is 207 Å². The van der Waals surface area contributed by atoms with E-state index in [1.165, 1.54) is 26.2 Å². The zero-order valence-corrected chi connectivity index (χ0v) is 19.1. The highest BCUT2D eigenvalue weighted by Crippen LogP contribution is 2.42. The molecule has 0 spiro atoms. The normalized spacial score (nSPS) is 9.43. The van der Waals surface area contributed by atoms with Crippen molar-refractivity contribution in [1.82, 2.24) is 0 Å². The maximum absolute atomic E-state index is 11.7. The summed E-state index contributed by atoms with van der Waals surface area (Å²) in [6.07, 6.45) is 5.45. The number of halogens is 1. The van der Waals surface area contributed by atoms with Crippen LogP contribution in [0, 0.1) is 44.8 Å². The number of hydrogen-bond donors (Lipinski definition) is 2. The van der Waals surface area contributed by atoms with E-state index in [4.69, 9.17) is 16.9 Å². The standard InChI is InChI=1S/C19H14BrN7O6.CH4.H2O/c1-4-25(6-5-21)16-9-14(22-11(2)28)15(10-18(16)33-3)23-24-19-13(20)7-12(26(29)30)8-17(19)27(31)32;;/h1,7-10H,21H2,2-3H3,(H,22,28);1H4;1H2. The van der Waals surface area contributed by atoms with Gasteiger partial charge in [0.15, 0.2) is 5.69 Å². The number of benzene rings is 2. The van der Waals surface area contributed by atoms with Crippen LogP contribution in [-0.4, -0.2) is 28.3 Å². The molecule has 0 bridgehead atoms. The number of hydrogen-bond acceptors (Lipinski definition) is 10. The molecular weight excluding hydrogens is 530 g/mol. The number of rotatable bonds is 7. The Bertz CT molecular complexity index is 1280. The van der Waals surface area contributed by atoms with Crippen LogP contribution >= 0.6 is 15.9 Å². The van der Waals surface area contributed by atoms with Crippen molar-refractivity contribution < 1.29 is 24.9 Å². The van der Waals surface area contributed by atoms with Gasteiger partial charge in [0.25, 0.3) is 5.69 Å². The molecule has 35 heavy (non-hydrogen) atoms. The second kappa shape index (κ2) is 13.1. The summed E-state index contributed by atoms with van der Waals surface area (Å²) in [4.78, 5) is 33.6. The molecule has 0 unspecified atom stereocenters. The van der Waals surface area contributed by atoms with Crippen LogP contribution in [0.25, 0.3) is 0 Å². The molecule has 2 aromatic carbocycles. The molecule has 2 aromatic rings. The molecule has 0 saturated carbocycles. The van der Waals surface area contributed by atoms with E-state index in [9.17, 15) is 25.0 Å². The zero-order chi connectivity index (χ0) is 24.7. The first-order valence-corrected chi connectivity index (χ1v) is 9.43. The van der Waals surface area contributed by atoms with Crippen LogP contribution in [-0.2, 0) is 4.79 Å². The van der Waals surface area contributed by atoms with Crippen molar-refractivity contribution >= 4 is 56.0 Å². The van der Waals surface area contributed by atoms with Crippen LogP contribution in [0.1, 0.15) is 14.4 Å². The van der Waals surface area contributed by atoms with E-state index in [2.05, 4.69) is 49.6 Å².